The second kappa shape index (κ2) is 6.94. The van der Waals surface area contributed by atoms with Crippen LogP contribution in [-0.4, -0.2) is 24.9 Å². The Labute approximate surface area is 154 Å². The van der Waals surface area contributed by atoms with E-state index in [9.17, 15) is 9.59 Å². The van der Waals surface area contributed by atoms with Crippen molar-refractivity contribution >= 4 is 23.2 Å². The van der Waals surface area contributed by atoms with Crippen LogP contribution in [0, 0.1) is 6.92 Å². The van der Waals surface area contributed by atoms with E-state index < -0.39 is 0 Å². The van der Waals surface area contributed by atoms with Gasteiger partial charge in [-0.1, -0.05) is 17.7 Å². The Kier molecular flexibility index (Phi) is 4.49. The number of anilines is 2. The maximum atomic E-state index is 13.0. The van der Waals surface area contributed by atoms with Gasteiger partial charge in [0.05, 0.1) is 0 Å². The van der Waals surface area contributed by atoms with E-state index in [2.05, 4.69) is 25.1 Å². The van der Waals surface area contributed by atoms with Gasteiger partial charge in [-0.15, -0.1) is 0 Å². The summed E-state index contributed by atoms with van der Waals surface area (Å²) in [6, 6.07) is 13.8. The smallest absolute Gasteiger partial charge is 0.258 e. The highest BCUT2D eigenvalue weighted by molar-refractivity contribution is 6.07. The van der Waals surface area contributed by atoms with Crippen molar-refractivity contribution in [3.8, 4) is 0 Å². The molecule has 2 aromatic rings. The molecule has 4 nitrogen and oxygen atoms in total. The summed E-state index contributed by atoms with van der Waals surface area (Å²) in [5.41, 5.74) is 5.07. The number of carbonyl (C=O) groups excluding carboxylic acids is 2. The minimum absolute atomic E-state index is 0.0336. The summed E-state index contributed by atoms with van der Waals surface area (Å²) in [6.45, 7) is 3.61. The predicted molar refractivity (Wildman–Crippen MR) is 104 cm³/mol. The second-order valence-corrected chi connectivity index (χ2v) is 7.24. The first kappa shape index (κ1) is 16.8. The Morgan fingerprint density at radius 2 is 1.73 bits per heavy atom. The van der Waals surface area contributed by atoms with Gasteiger partial charge in [0.1, 0.15) is 0 Å². The lowest BCUT2D eigenvalue weighted by Crippen LogP contribution is -2.36. The van der Waals surface area contributed by atoms with E-state index in [1.807, 2.05) is 34.1 Å². The van der Waals surface area contributed by atoms with Crippen LogP contribution in [0.3, 0.4) is 0 Å². The van der Waals surface area contributed by atoms with E-state index in [-0.39, 0.29) is 11.8 Å². The van der Waals surface area contributed by atoms with Crippen LogP contribution >= 0.6 is 0 Å². The summed E-state index contributed by atoms with van der Waals surface area (Å²) in [5.74, 6) is 0.210. The van der Waals surface area contributed by atoms with Gasteiger partial charge in [-0.25, -0.2) is 0 Å². The van der Waals surface area contributed by atoms with E-state index in [0.717, 1.165) is 50.1 Å². The van der Waals surface area contributed by atoms with Gasteiger partial charge in [0.15, 0.2) is 0 Å². The minimum Gasteiger partial charge on any atom is -0.312 e. The van der Waals surface area contributed by atoms with Gasteiger partial charge in [-0.3, -0.25) is 9.59 Å². The number of fused-ring (bicyclic) bond motifs is 1. The van der Waals surface area contributed by atoms with Gasteiger partial charge in [-0.05, 0) is 68.5 Å². The van der Waals surface area contributed by atoms with Crippen molar-refractivity contribution in [2.24, 2.45) is 0 Å². The lowest BCUT2D eigenvalue weighted by atomic mass is 9.98. The molecule has 2 heterocycles. The maximum absolute atomic E-state index is 13.0. The van der Waals surface area contributed by atoms with Crippen LogP contribution in [0.4, 0.5) is 11.4 Å². The van der Waals surface area contributed by atoms with Gasteiger partial charge in [-0.2, -0.15) is 0 Å². The Morgan fingerprint density at radius 1 is 0.923 bits per heavy atom. The largest absolute Gasteiger partial charge is 0.312 e. The maximum Gasteiger partial charge on any atom is 0.258 e. The van der Waals surface area contributed by atoms with E-state index in [4.69, 9.17) is 0 Å². The van der Waals surface area contributed by atoms with Crippen LogP contribution in [0.5, 0.6) is 0 Å². The molecule has 0 aromatic heterocycles. The zero-order valence-electron chi connectivity index (χ0n) is 15.2. The van der Waals surface area contributed by atoms with Crippen molar-refractivity contribution < 1.29 is 9.59 Å². The Bertz CT molecular complexity index is 842. The van der Waals surface area contributed by atoms with Crippen LogP contribution < -0.4 is 9.80 Å². The third-order valence-electron chi connectivity index (χ3n) is 5.35. The first-order chi connectivity index (χ1) is 12.6. The number of rotatable bonds is 2. The molecule has 0 N–H and O–H groups in total. The standard InChI is InChI=1S/C22H24N2O2/c1-16-7-12-20-18(15-16)5-4-14-24(20)22(26)17-8-10-19(11-9-17)23-13-3-2-6-21(23)25/h7-12,15H,2-6,13-14H2,1H3. The summed E-state index contributed by atoms with van der Waals surface area (Å²) >= 11 is 0. The summed E-state index contributed by atoms with van der Waals surface area (Å²) in [4.78, 5) is 28.8. The molecule has 4 rings (SSSR count). The highest BCUT2D eigenvalue weighted by atomic mass is 16.2. The van der Waals surface area contributed by atoms with Crippen LogP contribution in [0.15, 0.2) is 42.5 Å². The molecule has 2 amide bonds. The Balaban J connectivity index is 1.57. The molecule has 0 unspecified atom stereocenters. The first-order valence-electron chi connectivity index (χ1n) is 9.45. The highest BCUT2D eigenvalue weighted by Crippen LogP contribution is 2.30. The van der Waals surface area contributed by atoms with Crippen molar-refractivity contribution in [2.75, 3.05) is 22.9 Å². The molecule has 0 aliphatic carbocycles. The zero-order valence-corrected chi connectivity index (χ0v) is 15.2. The van der Waals surface area contributed by atoms with Gasteiger partial charge < -0.3 is 9.80 Å². The van der Waals surface area contributed by atoms with Crippen molar-refractivity contribution in [1.82, 2.24) is 0 Å². The molecule has 2 aliphatic rings. The zero-order chi connectivity index (χ0) is 18.1. The van der Waals surface area contributed by atoms with E-state index in [0.29, 0.717) is 12.0 Å². The monoisotopic (exact) mass is 348 g/mol. The number of amides is 2. The molecule has 2 aliphatic heterocycles. The van der Waals surface area contributed by atoms with Crippen LogP contribution in [0.2, 0.25) is 0 Å². The van der Waals surface area contributed by atoms with Crippen LogP contribution in [0.25, 0.3) is 0 Å². The van der Waals surface area contributed by atoms with Gasteiger partial charge in [0.2, 0.25) is 5.91 Å². The fourth-order valence-corrected chi connectivity index (χ4v) is 3.96. The van der Waals surface area contributed by atoms with Crippen LogP contribution in [-0.2, 0) is 11.2 Å². The van der Waals surface area contributed by atoms with E-state index >= 15 is 0 Å². The average molecular weight is 348 g/mol. The molecule has 26 heavy (non-hydrogen) atoms. The minimum atomic E-state index is 0.0336. The van der Waals surface area contributed by atoms with E-state index in [1.165, 1.54) is 11.1 Å². The highest BCUT2D eigenvalue weighted by Gasteiger charge is 2.24. The third kappa shape index (κ3) is 3.12. The molecule has 1 fully saturated rings. The number of piperidine rings is 1. The molecule has 4 heteroatoms. The van der Waals surface area contributed by atoms with Gasteiger partial charge in [0, 0.05) is 36.4 Å². The van der Waals surface area contributed by atoms with E-state index in [1.54, 1.807) is 0 Å². The number of aryl methyl sites for hydroxylation is 2. The van der Waals surface area contributed by atoms with Crippen molar-refractivity contribution in [3.05, 3.63) is 59.2 Å². The third-order valence-corrected chi connectivity index (χ3v) is 5.35. The van der Waals surface area contributed by atoms with Crippen LogP contribution in [0.1, 0.15) is 47.2 Å². The molecule has 0 atom stereocenters. The van der Waals surface area contributed by atoms with Gasteiger partial charge in [0.25, 0.3) is 5.91 Å². The molecular formula is C22H24N2O2. The molecule has 0 spiro atoms. The lowest BCUT2D eigenvalue weighted by molar-refractivity contribution is -0.119. The SMILES string of the molecule is Cc1ccc2c(c1)CCCN2C(=O)c1ccc(N2CCCCC2=O)cc1. The number of carbonyl (C=O) groups is 2. The Hall–Kier alpha value is -2.62. The predicted octanol–water partition coefficient (Wildman–Crippen LogP) is 4.10. The van der Waals surface area contributed by atoms with Crippen molar-refractivity contribution in [2.45, 2.75) is 39.0 Å². The normalized spacial score (nSPS) is 17.2. The quantitative estimate of drug-likeness (QED) is 0.820. The first-order valence-corrected chi connectivity index (χ1v) is 9.45. The molecule has 0 saturated carbocycles. The number of hydrogen-bond acceptors (Lipinski definition) is 2. The molecule has 0 bridgehead atoms. The molecule has 134 valence electrons. The van der Waals surface area contributed by atoms with Crippen molar-refractivity contribution in [3.63, 3.8) is 0 Å². The number of nitrogens with zero attached hydrogens (tertiary/aromatic N) is 2. The molecule has 0 radical (unpaired) electrons. The summed E-state index contributed by atoms with van der Waals surface area (Å²) in [5, 5.41) is 0. The fourth-order valence-electron chi connectivity index (χ4n) is 3.96. The topological polar surface area (TPSA) is 40.6 Å². The van der Waals surface area contributed by atoms with Crippen molar-refractivity contribution in [1.29, 1.82) is 0 Å². The Morgan fingerprint density at radius 3 is 2.50 bits per heavy atom. The summed E-state index contributed by atoms with van der Waals surface area (Å²) in [6.07, 6.45) is 4.64. The second-order valence-electron chi connectivity index (χ2n) is 7.24. The average Bonchev–Trinajstić information content (AvgIpc) is 2.67. The number of hydrogen-bond donors (Lipinski definition) is 0. The van der Waals surface area contributed by atoms with Gasteiger partial charge >= 0.3 is 0 Å². The molecule has 2 aromatic carbocycles. The summed E-state index contributed by atoms with van der Waals surface area (Å²) < 4.78 is 0. The molecular weight excluding hydrogens is 324 g/mol. The molecule has 1 saturated heterocycles. The fraction of sp³-hybridized carbons (Fsp3) is 0.364. The number of benzene rings is 2. The summed E-state index contributed by atoms with van der Waals surface area (Å²) in [7, 11) is 0. The lowest BCUT2D eigenvalue weighted by Gasteiger charge is -2.30.